The molecule has 2 aliphatic rings. The van der Waals surface area contributed by atoms with E-state index in [0.717, 1.165) is 17.7 Å². The van der Waals surface area contributed by atoms with E-state index in [1.54, 1.807) is 12.1 Å². The van der Waals surface area contributed by atoms with Crippen molar-refractivity contribution in [2.24, 2.45) is 0 Å². The summed E-state index contributed by atoms with van der Waals surface area (Å²) in [4.78, 5) is 74.6. The van der Waals surface area contributed by atoms with Gasteiger partial charge in [-0.2, -0.15) is 0 Å². The lowest BCUT2D eigenvalue weighted by Gasteiger charge is -2.27. The monoisotopic (exact) mass is 957 g/mol. The van der Waals surface area contributed by atoms with E-state index in [1.807, 2.05) is 0 Å². The Morgan fingerprint density at radius 1 is 0.537 bits per heavy atom. The molecular weight excluding hydrogens is 886 g/mol. The highest BCUT2D eigenvalue weighted by atomic mass is 16.6. The van der Waals surface area contributed by atoms with Crippen molar-refractivity contribution in [3.8, 4) is 0 Å². The summed E-state index contributed by atoms with van der Waals surface area (Å²) in [5.74, 6) is -3.03. The fourth-order valence-electron chi connectivity index (χ4n) is 6.28. The molecule has 0 spiro atoms. The Kier molecular flexibility index (Phi) is 32.4. The van der Waals surface area contributed by atoms with Crippen molar-refractivity contribution in [2.45, 2.75) is 51.0 Å². The van der Waals surface area contributed by atoms with Gasteiger partial charge >= 0.3 is 5.97 Å². The summed E-state index contributed by atoms with van der Waals surface area (Å²) in [6.45, 7) is 10.8. The largest absolute Gasteiger partial charge is 0.469 e. The zero-order valence-corrected chi connectivity index (χ0v) is 38.9. The molecule has 0 saturated carbocycles. The minimum absolute atomic E-state index is 0.0242. The lowest BCUT2D eigenvalue weighted by molar-refractivity contribution is -0.142. The van der Waals surface area contributed by atoms with Gasteiger partial charge in [0.05, 0.1) is 182 Å². The Morgan fingerprint density at radius 2 is 0.955 bits per heavy atom. The van der Waals surface area contributed by atoms with Crippen LogP contribution in [0.5, 0.6) is 0 Å². The van der Waals surface area contributed by atoms with Crippen molar-refractivity contribution in [1.29, 1.82) is 0 Å². The number of hydrogen-bond donors (Lipinski definition) is 2. The molecular formula is C45H71N3O19. The van der Waals surface area contributed by atoms with E-state index in [4.69, 9.17) is 56.8 Å². The summed E-state index contributed by atoms with van der Waals surface area (Å²) in [7, 11) is 1.34. The van der Waals surface area contributed by atoms with Crippen LogP contribution in [0.4, 0.5) is 5.69 Å². The number of carbonyl (C=O) groups excluding carboxylic acids is 6. The van der Waals surface area contributed by atoms with Gasteiger partial charge in [0.1, 0.15) is 6.04 Å². The molecule has 22 heteroatoms. The first kappa shape index (κ1) is 57.3. The molecule has 0 aliphatic carbocycles. The van der Waals surface area contributed by atoms with Crippen molar-refractivity contribution < 1.29 is 90.3 Å². The lowest BCUT2D eigenvalue weighted by Crippen LogP contribution is -2.54. The zero-order chi connectivity index (χ0) is 48.0. The summed E-state index contributed by atoms with van der Waals surface area (Å²) < 4.78 is 70.2. The Balaban J connectivity index is 0.963. The summed E-state index contributed by atoms with van der Waals surface area (Å²) in [5, 5.41) is 4.90. The highest BCUT2D eigenvalue weighted by Crippen LogP contribution is 2.32. The van der Waals surface area contributed by atoms with Crippen LogP contribution in [0.2, 0.25) is 0 Å². The van der Waals surface area contributed by atoms with Crippen molar-refractivity contribution in [3.05, 3.63) is 29.3 Å². The fourth-order valence-corrected chi connectivity index (χ4v) is 6.28. The predicted molar refractivity (Wildman–Crippen MR) is 237 cm³/mol. The Bertz CT molecular complexity index is 1570. The van der Waals surface area contributed by atoms with Gasteiger partial charge in [-0.05, 0) is 31.4 Å². The van der Waals surface area contributed by atoms with Crippen LogP contribution in [-0.2, 0) is 80.8 Å². The number of hydrogen-bond acceptors (Lipinski definition) is 19. The highest BCUT2D eigenvalue weighted by Gasteiger charge is 2.45. The van der Waals surface area contributed by atoms with Crippen LogP contribution in [0, 0.1) is 0 Å². The fraction of sp³-hybridized carbons (Fsp3) is 0.733. The number of nitrogens with zero attached hydrogens (tertiary/aromatic N) is 1. The average molecular weight is 958 g/mol. The standard InChI is InChI=1S/C45H71N3O19/c1-55-41(51)11-13-57-15-17-59-19-21-61-23-25-63-27-29-65-31-33-67-35-34-66-32-30-64-28-26-62-24-22-60-20-18-58-16-14-56-12-4-2-3-8-39(49)46-37-7-5-6-36-42(37)45(54)48(44(36)53)38-9-10-40(50)47-43(38)52/h5-7,38H,2-4,8-35H2,1H3,(H,46,49)(H,47,50,52). The summed E-state index contributed by atoms with van der Waals surface area (Å²) >= 11 is 0. The number of anilines is 1. The van der Waals surface area contributed by atoms with Gasteiger partial charge in [-0.1, -0.05) is 12.5 Å². The van der Waals surface area contributed by atoms with Gasteiger partial charge in [0.15, 0.2) is 0 Å². The molecule has 5 amide bonds. The first-order chi connectivity index (χ1) is 32.8. The number of piperidine rings is 1. The van der Waals surface area contributed by atoms with E-state index in [-0.39, 0.29) is 54.4 Å². The third kappa shape index (κ3) is 25.8. The van der Waals surface area contributed by atoms with Crippen LogP contribution in [0.3, 0.4) is 0 Å². The van der Waals surface area contributed by atoms with Crippen LogP contribution in [-0.4, -0.2) is 212 Å². The maximum absolute atomic E-state index is 13.2. The molecule has 22 nitrogen and oxygen atoms in total. The summed E-state index contributed by atoms with van der Waals surface area (Å²) in [6, 6.07) is 3.52. The second kappa shape index (κ2) is 37.9. The van der Waals surface area contributed by atoms with Crippen LogP contribution in [0.1, 0.15) is 65.7 Å². The lowest BCUT2D eigenvalue weighted by atomic mass is 10.0. The molecule has 1 atom stereocenters. The predicted octanol–water partition coefficient (Wildman–Crippen LogP) is 1.35. The van der Waals surface area contributed by atoms with Gasteiger partial charge in [0.2, 0.25) is 17.7 Å². The second-order valence-corrected chi connectivity index (χ2v) is 14.7. The Labute approximate surface area is 392 Å². The maximum atomic E-state index is 13.2. The Morgan fingerprint density at radius 3 is 1.37 bits per heavy atom. The maximum Gasteiger partial charge on any atom is 0.307 e. The van der Waals surface area contributed by atoms with E-state index in [2.05, 4.69) is 15.4 Å². The number of esters is 1. The van der Waals surface area contributed by atoms with E-state index >= 15 is 0 Å². The first-order valence-corrected chi connectivity index (χ1v) is 23.0. The topological polar surface area (TPSA) is 250 Å². The number of imide groups is 2. The number of nitrogens with one attached hydrogen (secondary N) is 2. The molecule has 0 bridgehead atoms. The van der Waals surface area contributed by atoms with Crippen LogP contribution >= 0.6 is 0 Å². The number of amides is 5. The average Bonchev–Trinajstić information content (AvgIpc) is 3.58. The molecule has 1 saturated heterocycles. The molecule has 1 aromatic carbocycles. The molecule has 2 aliphatic heterocycles. The zero-order valence-electron chi connectivity index (χ0n) is 38.9. The quantitative estimate of drug-likeness (QED) is 0.0532. The van der Waals surface area contributed by atoms with E-state index < -0.39 is 29.7 Å². The Hall–Kier alpha value is -4.04. The van der Waals surface area contributed by atoms with E-state index in [9.17, 15) is 28.8 Å². The summed E-state index contributed by atoms with van der Waals surface area (Å²) in [5.41, 5.74) is 0.369. The molecule has 2 N–H and O–H groups in total. The number of benzene rings is 1. The third-order valence-corrected chi connectivity index (χ3v) is 9.71. The molecule has 0 radical (unpaired) electrons. The van der Waals surface area contributed by atoms with Gasteiger partial charge in [0.25, 0.3) is 11.8 Å². The van der Waals surface area contributed by atoms with Crippen LogP contribution < -0.4 is 10.6 Å². The van der Waals surface area contributed by atoms with Gasteiger partial charge in [-0.3, -0.25) is 39.0 Å². The number of rotatable bonds is 44. The minimum Gasteiger partial charge on any atom is -0.469 e. The van der Waals surface area contributed by atoms with E-state index in [0.29, 0.717) is 165 Å². The van der Waals surface area contributed by atoms with Crippen LogP contribution in [0.25, 0.3) is 0 Å². The van der Waals surface area contributed by atoms with Gasteiger partial charge in [-0.25, -0.2) is 0 Å². The molecule has 2 heterocycles. The minimum atomic E-state index is -1.08. The van der Waals surface area contributed by atoms with Gasteiger partial charge < -0.3 is 66.9 Å². The smallest absolute Gasteiger partial charge is 0.307 e. The molecule has 1 unspecified atom stereocenters. The number of methoxy groups -OCH3 is 1. The van der Waals surface area contributed by atoms with Gasteiger partial charge in [0, 0.05) is 19.4 Å². The van der Waals surface area contributed by atoms with E-state index in [1.165, 1.54) is 13.2 Å². The SMILES string of the molecule is COC(=O)CCOCCOCCOCCOCCOCCOCCOCCOCCOCCOCCOCCOCCCCCC(=O)Nc1cccc2c1C(=O)N(C1CCC(=O)NC1=O)C2=O. The molecule has 1 aromatic rings. The molecule has 1 fully saturated rings. The van der Waals surface area contributed by atoms with Crippen molar-refractivity contribution in [2.75, 3.05) is 171 Å². The van der Waals surface area contributed by atoms with Crippen LogP contribution in [0.15, 0.2) is 18.2 Å². The third-order valence-electron chi connectivity index (χ3n) is 9.71. The number of unbranched alkanes of at least 4 members (excludes halogenated alkanes) is 2. The first-order valence-electron chi connectivity index (χ1n) is 23.0. The summed E-state index contributed by atoms with van der Waals surface area (Å²) in [6.07, 6.45) is 2.65. The van der Waals surface area contributed by atoms with Crippen molar-refractivity contribution >= 4 is 41.2 Å². The molecule has 3 rings (SSSR count). The van der Waals surface area contributed by atoms with Gasteiger partial charge in [-0.15, -0.1) is 0 Å². The molecule has 0 aromatic heterocycles. The number of ether oxygens (including phenoxy) is 13. The number of fused-ring (bicyclic) bond motifs is 1. The van der Waals surface area contributed by atoms with Crippen molar-refractivity contribution in [1.82, 2.24) is 10.2 Å². The molecule has 380 valence electrons. The normalized spacial score (nSPS) is 14.8. The molecule has 67 heavy (non-hydrogen) atoms. The second-order valence-electron chi connectivity index (χ2n) is 14.7. The van der Waals surface area contributed by atoms with Crippen molar-refractivity contribution in [3.63, 3.8) is 0 Å². The highest BCUT2D eigenvalue weighted by molar-refractivity contribution is 6.26. The number of carbonyl (C=O) groups is 6.